The Kier molecular flexibility index (Phi) is 3.92. The number of amides is 1. The predicted octanol–water partition coefficient (Wildman–Crippen LogP) is 1.45. The van der Waals surface area contributed by atoms with Crippen LogP contribution in [0.25, 0.3) is 0 Å². The van der Waals surface area contributed by atoms with E-state index in [2.05, 4.69) is 5.32 Å². The normalized spacial score (nSPS) is 25.4. The van der Waals surface area contributed by atoms with Crippen LogP contribution < -0.4 is 10.1 Å². The average molecular weight is 274 g/mol. The maximum absolute atomic E-state index is 12.4. The number of rotatable bonds is 3. The van der Waals surface area contributed by atoms with Crippen LogP contribution in [-0.4, -0.2) is 43.6 Å². The molecule has 108 valence electrons. The number of benzene rings is 1. The number of carbonyl (C=O) groups excluding carboxylic acids is 1. The molecule has 1 aromatic carbocycles. The van der Waals surface area contributed by atoms with Gasteiger partial charge in [-0.1, -0.05) is 12.1 Å². The lowest BCUT2D eigenvalue weighted by molar-refractivity contribution is -0.129. The molecule has 2 aliphatic rings. The molecule has 1 aromatic rings. The molecule has 0 unspecified atom stereocenters. The number of hydrogen-bond donors (Lipinski definition) is 1. The second kappa shape index (κ2) is 5.83. The topological polar surface area (TPSA) is 41.6 Å². The molecule has 0 aromatic heterocycles. The van der Waals surface area contributed by atoms with E-state index in [1.165, 1.54) is 12.8 Å². The van der Waals surface area contributed by atoms with E-state index in [4.69, 9.17) is 4.74 Å². The SMILES string of the molecule is COc1ccc(CC(=O)N2C[C@@H]3CCCN[C@@H]3C2)cc1. The number of likely N-dealkylation sites (tertiary alicyclic amines) is 1. The van der Waals surface area contributed by atoms with Gasteiger partial charge in [0.1, 0.15) is 5.75 Å². The first kappa shape index (κ1) is 13.4. The van der Waals surface area contributed by atoms with Gasteiger partial charge in [0.15, 0.2) is 0 Å². The quantitative estimate of drug-likeness (QED) is 0.907. The standard InChI is InChI=1S/C16H22N2O2/c1-20-14-6-4-12(5-7-14)9-16(19)18-10-13-3-2-8-17-15(13)11-18/h4-7,13,15,17H,2-3,8-11H2,1H3/t13-,15+/m0/s1. The maximum Gasteiger partial charge on any atom is 0.227 e. The molecule has 0 aliphatic carbocycles. The lowest BCUT2D eigenvalue weighted by atomic mass is 9.94. The monoisotopic (exact) mass is 274 g/mol. The van der Waals surface area contributed by atoms with Gasteiger partial charge in [-0.3, -0.25) is 4.79 Å². The van der Waals surface area contributed by atoms with E-state index in [-0.39, 0.29) is 5.91 Å². The Labute approximate surface area is 120 Å². The van der Waals surface area contributed by atoms with Crippen molar-refractivity contribution in [3.63, 3.8) is 0 Å². The smallest absolute Gasteiger partial charge is 0.227 e. The second-order valence-electron chi connectivity index (χ2n) is 5.79. The largest absolute Gasteiger partial charge is 0.497 e. The highest BCUT2D eigenvalue weighted by Gasteiger charge is 2.36. The fourth-order valence-corrected chi connectivity index (χ4v) is 3.28. The van der Waals surface area contributed by atoms with Crippen LogP contribution in [0, 0.1) is 5.92 Å². The molecule has 2 fully saturated rings. The minimum absolute atomic E-state index is 0.242. The van der Waals surface area contributed by atoms with Gasteiger partial charge >= 0.3 is 0 Å². The summed E-state index contributed by atoms with van der Waals surface area (Å²) in [4.78, 5) is 14.4. The van der Waals surface area contributed by atoms with Gasteiger partial charge in [-0.25, -0.2) is 0 Å². The molecule has 2 saturated heterocycles. The molecule has 4 nitrogen and oxygen atoms in total. The first-order valence-electron chi connectivity index (χ1n) is 7.40. The second-order valence-corrected chi connectivity index (χ2v) is 5.79. The van der Waals surface area contributed by atoms with Crippen molar-refractivity contribution in [3.8, 4) is 5.75 Å². The van der Waals surface area contributed by atoms with Crippen LogP contribution in [0.15, 0.2) is 24.3 Å². The van der Waals surface area contributed by atoms with E-state index in [9.17, 15) is 4.79 Å². The number of nitrogens with zero attached hydrogens (tertiary/aromatic N) is 1. The Bertz CT molecular complexity index is 458. The molecular weight excluding hydrogens is 252 g/mol. The van der Waals surface area contributed by atoms with E-state index in [1.807, 2.05) is 29.2 Å². The third-order valence-corrected chi connectivity index (χ3v) is 4.47. The summed E-state index contributed by atoms with van der Waals surface area (Å²) >= 11 is 0. The zero-order valence-electron chi connectivity index (χ0n) is 12.0. The summed E-state index contributed by atoms with van der Waals surface area (Å²) in [5.41, 5.74) is 1.05. The summed E-state index contributed by atoms with van der Waals surface area (Å²) in [6, 6.07) is 8.28. The lowest BCUT2D eigenvalue weighted by Crippen LogP contribution is -2.41. The highest BCUT2D eigenvalue weighted by molar-refractivity contribution is 5.79. The Morgan fingerprint density at radius 2 is 2.15 bits per heavy atom. The van der Waals surface area contributed by atoms with Crippen molar-refractivity contribution < 1.29 is 9.53 Å². The van der Waals surface area contributed by atoms with Gasteiger partial charge in [0.2, 0.25) is 5.91 Å². The van der Waals surface area contributed by atoms with Gasteiger partial charge in [-0.2, -0.15) is 0 Å². The number of ether oxygens (including phenoxy) is 1. The number of methoxy groups -OCH3 is 1. The van der Waals surface area contributed by atoms with Crippen LogP contribution in [0.4, 0.5) is 0 Å². The molecule has 3 rings (SSSR count). The minimum Gasteiger partial charge on any atom is -0.497 e. The van der Waals surface area contributed by atoms with Crippen molar-refractivity contribution in [1.82, 2.24) is 10.2 Å². The van der Waals surface area contributed by atoms with Gasteiger partial charge in [0, 0.05) is 19.1 Å². The fraction of sp³-hybridized carbons (Fsp3) is 0.562. The molecule has 20 heavy (non-hydrogen) atoms. The first-order chi connectivity index (χ1) is 9.76. The first-order valence-corrected chi connectivity index (χ1v) is 7.40. The summed E-state index contributed by atoms with van der Waals surface area (Å²) in [6.45, 7) is 2.90. The molecule has 2 atom stereocenters. The van der Waals surface area contributed by atoms with Gasteiger partial charge in [-0.15, -0.1) is 0 Å². The zero-order valence-corrected chi connectivity index (χ0v) is 12.0. The van der Waals surface area contributed by atoms with Crippen LogP contribution in [0.3, 0.4) is 0 Å². The number of hydrogen-bond acceptors (Lipinski definition) is 3. The molecular formula is C16H22N2O2. The van der Waals surface area contributed by atoms with E-state index in [1.54, 1.807) is 7.11 Å². The number of fused-ring (bicyclic) bond motifs is 1. The van der Waals surface area contributed by atoms with Crippen molar-refractivity contribution in [1.29, 1.82) is 0 Å². The van der Waals surface area contributed by atoms with Crippen molar-refractivity contribution in [3.05, 3.63) is 29.8 Å². The van der Waals surface area contributed by atoms with Crippen molar-refractivity contribution in [2.75, 3.05) is 26.7 Å². The van der Waals surface area contributed by atoms with Crippen LogP contribution in [-0.2, 0) is 11.2 Å². The molecule has 0 spiro atoms. The van der Waals surface area contributed by atoms with E-state index < -0.39 is 0 Å². The molecule has 2 aliphatic heterocycles. The number of nitrogens with one attached hydrogen (secondary N) is 1. The van der Waals surface area contributed by atoms with Crippen LogP contribution in [0.1, 0.15) is 18.4 Å². The van der Waals surface area contributed by atoms with Crippen molar-refractivity contribution in [2.24, 2.45) is 5.92 Å². The molecule has 0 radical (unpaired) electrons. The maximum atomic E-state index is 12.4. The number of carbonyl (C=O) groups is 1. The lowest BCUT2D eigenvalue weighted by Gasteiger charge is -2.24. The van der Waals surface area contributed by atoms with E-state index in [0.717, 1.165) is 30.9 Å². The van der Waals surface area contributed by atoms with Crippen LogP contribution in [0.5, 0.6) is 5.75 Å². The third-order valence-electron chi connectivity index (χ3n) is 4.47. The Balaban J connectivity index is 1.59. The molecule has 4 heteroatoms. The van der Waals surface area contributed by atoms with Gasteiger partial charge < -0.3 is 15.0 Å². The van der Waals surface area contributed by atoms with Crippen molar-refractivity contribution >= 4 is 5.91 Å². The van der Waals surface area contributed by atoms with E-state index in [0.29, 0.717) is 18.4 Å². The van der Waals surface area contributed by atoms with E-state index >= 15 is 0 Å². The molecule has 1 amide bonds. The summed E-state index contributed by atoms with van der Waals surface area (Å²) in [7, 11) is 1.65. The Hall–Kier alpha value is -1.55. The number of piperidine rings is 1. The molecule has 2 heterocycles. The highest BCUT2D eigenvalue weighted by atomic mass is 16.5. The van der Waals surface area contributed by atoms with Gasteiger partial charge in [0.05, 0.1) is 13.5 Å². The Morgan fingerprint density at radius 3 is 2.85 bits per heavy atom. The van der Waals surface area contributed by atoms with Crippen LogP contribution in [0.2, 0.25) is 0 Å². The van der Waals surface area contributed by atoms with Gasteiger partial charge in [0.25, 0.3) is 0 Å². The zero-order chi connectivity index (χ0) is 13.9. The summed E-state index contributed by atoms with van der Waals surface area (Å²) in [5, 5.41) is 3.53. The average Bonchev–Trinajstić information content (AvgIpc) is 2.92. The molecule has 1 N–H and O–H groups in total. The fourth-order valence-electron chi connectivity index (χ4n) is 3.28. The molecule has 0 bridgehead atoms. The van der Waals surface area contributed by atoms with Crippen molar-refractivity contribution in [2.45, 2.75) is 25.3 Å². The van der Waals surface area contributed by atoms with Gasteiger partial charge in [-0.05, 0) is 43.0 Å². The Morgan fingerprint density at radius 1 is 1.35 bits per heavy atom. The predicted molar refractivity (Wildman–Crippen MR) is 77.8 cm³/mol. The third kappa shape index (κ3) is 2.80. The molecule has 0 saturated carbocycles. The van der Waals surface area contributed by atoms with Crippen LogP contribution >= 0.6 is 0 Å². The summed E-state index contributed by atoms with van der Waals surface area (Å²) in [6.07, 6.45) is 2.98. The summed E-state index contributed by atoms with van der Waals surface area (Å²) in [5.74, 6) is 1.73. The summed E-state index contributed by atoms with van der Waals surface area (Å²) < 4.78 is 5.13. The minimum atomic E-state index is 0.242. The highest BCUT2D eigenvalue weighted by Crippen LogP contribution is 2.25.